The molecule has 0 aromatic heterocycles. The van der Waals surface area contributed by atoms with Crippen LogP contribution in [0.3, 0.4) is 0 Å². The van der Waals surface area contributed by atoms with Crippen LogP contribution in [0.1, 0.15) is 24.3 Å². The standard InChI is InChI=1S/C18H18O2Se/c19-18-12-15(14-7-3-1-4-8-14)11-16(20-18)13-21-17-9-5-2-6-10-17/h1-10,15-16H,11-13H2/t15-,16-/m1/s1. The maximum atomic E-state index is 11.9. The minimum atomic E-state index is -0.0519. The quantitative estimate of drug-likeness (QED) is 0.629. The predicted molar refractivity (Wildman–Crippen MR) is 84.9 cm³/mol. The summed E-state index contributed by atoms with van der Waals surface area (Å²) in [7, 11) is 0. The number of hydrogen-bond donors (Lipinski definition) is 0. The van der Waals surface area contributed by atoms with E-state index in [1.54, 1.807) is 0 Å². The molecule has 2 aromatic carbocycles. The SMILES string of the molecule is O=C1C[C@H](c2ccccc2)C[C@H](C[Se]c2ccccc2)O1. The first-order chi connectivity index (χ1) is 10.3. The number of carbonyl (C=O) groups excluding carboxylic acids is 1. The number of esters is 1. The van der Waals surface area contributed by atoms with Crippen molar-refractivity contribution < 1.29 is 9.53 Å². The number of ether oxygens (including phenoxy) is 1. The van der Waals surface area contributed by atoms with E-state index in [4.69, 9.17) is 4.74 Å². The molecule has 0 unspecified atom stereocenters. The third-order valence-electron chi connectivity index (χ3n) is 3.71. The molecule has 2 aromatic rings. The average molecular weight is 345 g/mol. The average Bonchev–Trinajstić information content (AvgIpc) is 2.54. The summed E-state index contributed by atoms with van der Waals surface area (Å²) in [6, 6.07) is 20.8. The molecule has 2 atom stereocenters. The van der Waals surface area contributed by atoms with Crippen LogP contribution in [-0.2, 0) is 9.53 Å². The molecule has 3 heteroatoms. The van der Waals surface area contributed by atoms with E-state index in [0.29, 0.717) is 27.3 Å². The Morgan fingerprint density at radius 2 is 1.67 bits per heavy atom. The van der Waals surface area contributed by atoms with Crippen molar-refractivity contribution in [1.29, 1.82) is 0 Å². The van der Waals surface area contributed by atoms with Crippen LogP contribution in [0.2, 0.25) is 5.32 Å². The van der Waals surface area contributed by atoms with Crippen molar-refractivity contribution in [3.63, 3.8) is 0 Å². The summed E-state index contributed by atoms with van der Waals surface area (Å²) in [5.74, 6) is 0.257. The first kappa shape index (κ1) is 14.4. The normalized spacial score (nSPS) is 21.8. The zero-order valence-corrected chi connectivity index (χ0v) is 13.5. The molecular formula is C18H18O2Se. The molecular weight excluding hydrogens is 327 g/mol. The molecule has 0 spiro atoms. The van der Waals surface area contributed by atoms with Crippen molar-refractivity contribution in [2.24, 2.45) is 0 Å². The van der Waals surface area contributed by atoms with Crippen LogP contribution in [0.4, 0.5) is 0 Å². The van der Waals surface area contributed by atoms with Crippen LogP contribution in [0.5, 0.6) is 0 Å². The van der Waals surface area contributed by atoms with Crippen LogP contribution < -0.4 is 4.46 Å². The molecule has 1 fully saturated rings. The Hall–Kier alpha value is -1.57. The number of rotatable bonds is 4. The van der Waals surface area contributed by atoms with Gasteiger partial charge in [-0.25, -0.2) is 0 Å². The molecule has 2 nitrogen and oxygen atoms in total. The van der Waals surface area contributed by atoms with Crippen LogP contribution >= 0.6 is 0 Å². The number of benzene rings is 2. The van der Waals surface area contributed by atoms with E-state index in [-0.39, 0.29) is 12.1 Å². The van der Waals surface area contributed by atoms with Crippen molar-refractivity contribution in [3.8, 4) is 0 Å². The van der Waals surface area contributed by atoms with Crippen LogP contribution in [0, 0.1) is 0 Å². The first-order valence-electron chi connectivity index (χ1n) is 7.23. The van der Waals surface area contributed by atoms with Gasteiger partial charge in [0, 0.05) is 0 Å². The van der Waals surface area contributed by atoms with Crippen molar-refractivity contribution in [3.05, 3.63) is 66.2 Å². The van der Waals surface area contributed by atoms with E-state index in [9.17, 15) is 4.79 Å². The van der Waals surface area contributed by atoms with Gasteiger partial charge < -0.3 is 0 Å². The summed E-state index contributed by atoms with van der Waals surface area (Å²) >= 11 is 0.366. The van der Waals surface area contributed by atoms with E-state index in [2.05, 4.69) is 36.4 Å². The molecule has 1 aliphatic heterocycles. The Balaban J connectivity index is 1.62. The second kappa shape index (κ2) is 6.93. The van der Waals surface area contributed by atoms with Crippen molar-refractivity contribution in [1.82, 2.24) is 0 Å². The fraction of sp³-hybridized carbons (Fsp3) is 0.278. The Kier molecular flexibility index (Phi) is 4.74. The molecule has 0 N–H and O–H groups in total. The molecule has 0 saturated carbocycles. The van der Waals surface area contributed by atoms with Crippen LogP contribution in [0.25, 0.3) is 0 Å². The van der Waals surface area contributed by atoms with Gasteiger partial charge >= 0.3 is 131 Å². The van der Waals surface area contributed by atoms with Gasteiger partial charge in [-0.2, -0.15) is 0 Å². The van der Waals surface area contributed by atoms with E-state index in [1.807, 2.05) is 24.3 Å². The fourth-order valence-electron chi connectivity index (χ4n) is 2.67. The monoisotopic (exact) mass is 346 g/mol. The Labute approximate surface area is 131 Å². The summed E-state index contributed by atoms with van der Waals surface area (Å²) in [6.07, 6.45) is 1.53. The second-order valence-electron chi connectivity index (χ2n) is 5.28. The van der Waals surface area contributed by atoms with Gasteiger partial charge in [0.15, 0.2) is 0 Å². The van der Waals surface area contributed by atoms with Gasteiger partial charge in [-0.15, -0.1) is 0 Å². The number of hydrogen-bond acceptors (Lipinski definition) is 2. The fourth-order valence-corrected chi connectivity index (χ4v) is 4.63. The Morgan fingerprint density at radius 1 is 1.00 bits per heavy atom. The molecule has 108 valence electrons. The first-order valence-corrected chi connectivity index (χ1v) is 9.30. The summed E-state index contributed by atoms with van der Waals surface area (Å²) in [5.41, 5.74) is 1.26. The summed E-state index contributed by atoms with van der Waals surface area (Å²) in [4.78, 5) is 11.9. The zero-order valence-electron chi connectivity index (χ0n) is 11.8. The molecule has 1 heterocycles. The number of cyclic esters (lactones) is 1. The van der Waals surface area contributed by atoms with Crippen LogP contribution in [-0.4, -0.2) is 27.0 Å². The van der Waals surface area contributed by atoms with Crippen molar-refractivity contribution in [2.45, 2.75) is 30.2 Å². The van der Waals surface area contributed by atoms with E-state index in [0.717, 1.165) is 11.7 Å². The Bertz CT molecular complexity index is 583. The van der Waals surface area contributed by atoms with Gasteiger partial charge in [-0.3, -0.25) is 0 Å². The third kappa shape index (κ3) is 3.96. The van der Waals surface area contributed by atoms with Crippen molar-refractivity contribution >= 4 is 25.4 Å². The third-order valence-corrected chi connectivity index (χ3v) is 6.11. The number of carbonyl (C=O) groups is 1. The van der Waals surface area contributed by atoms with E-state index >= 15 is 0 Å². The van der Waals surface area contributed by atoms with Gasteiger partial charge in [0.25, 0.3) is 0 Å². The second-order valence-corrected chi connectivity index (χ2v) is 7.58. The maximum absolute atomic E-state index is 11.9. The molecule has 0 aliphatic carbocycles. The predicted octanol–water partition coefficient (Wildman–Crippen LogP) is 2.92. The molecule has 3 rings (SSSR count). The van der Waals surface area contributed by atoms with Gasteiger partial charge in [0.2, 0.25) is 0 Å². The van der Waals surface area contributed by atoms with Crippen LogP contribution in [0.15, 0.2) is 60.7 Å². The summed E-state index contributed by atoms with van der Waals surface area (Å²) < 4.78 is 6.90. The summed E-state index contributed by atoms with van der Waals surface area (Å²) in [6.45, 7) is 0. The molecule has 21 heavy (non-hydrogen) atoms. The molecule has 1 saturated heterocycles. The van der Waals surface area contributed by atoms with Crippen molar-refractivity contribution in [2.75, 3.05) is 0 Å². The molecule has 1 aliphatic rings. The van der Waals surface area contributed by atoms with Gasteiger partial charge in [-0.05, 0) is 0 Å². The van der Waals surface area contributed by atoms with E-state index < -0.39 is 0 Å². The topological polar surface area (TPSA) is 26.3 Å². The molecule has 0 amide bonds. The van der Waals surface area contributed by atoms with Gasteiger partial charge in [-0.1, -0.05) is 0 Å². The Morgan fingerprint density at radius 3 is 2.38 bits per heavy atom. The summed E-state index contributed by atoms with van der Waals surface area (Å²) in [5, 5.41) is 0.964. The van der Waals surface area contributed by atoms with E-state index in [1.165, 1.54) is 10.0 Å². The molecule has 0 bridgehead atoms. The minimum absolute atomic E-state index is 0.0519. The molecule has 0 radical (unpaired) electrons. The zero-order chi connectivity index (χ0) is 14.5. The van der Waals surface area contributed by atoms with Gasteiger partial charge in [0.1, 0.15) is 0 Å². The van der Waals surface area contributed by atoms with Gasteiger partial charge in [0.05, 0.1) is 0 Å².